The molecule has 144 valence electrons. The Kier molecular flexibility index (Phi) is 6.83. The van der Waals surface area contributed by atoms with Gasteiger partial charge in [0.2, 0.25) is 5.91 Å². The number of imide groups is 1. The first-order chi connectivity index (χ1) is 12.8. The van der Waals surface area contributed by atoms with Crippen molar-refractivity contribution in [2.45, 2.75) is 6.92 Å². The molecule has 1 aromatic rings. The molecule has 1 saturated heterocycles. The van der Waals surface area contributed by atoms with Crippen LogP contribution in [0.5, 0.6) is 11.5 Å². The predicted octanol–water partition coefficient (Wildman–Crippen LogP) is 1.16. The zero-order valence-electron chi connectivity index (χ0n) is 14.7. The Bertz CT molecular complexity index is 806. The fraction of sp³-hybridized carbons (Fsp3) is 0.294. The fourth-order valence-corrected chi connectivity index (χ4v) is 2.98. The first kappa shape index (κ1) is 20.3. The molecular formula is C17H18N2O7S. The average Bonchev–Trinajstić information content (AvgIpc) is 2.88. The lowest BCUT2D eigenvalue weighted by Crippen LogP contribution is -2.36. The van der Waals surface area contributed by atoms with Crippen molar-refractivity contribution in [2.24, 2.45) is 5.73 Å². The molecule has 2 N–H and O–H groups in total. The van der Waals surface area contributed by atoms with Crippen molar-refractivity contribution in [3.05, 3.63) is 28.7 Å². The Labute approximate surface area is 159 Å². The Balaban J connectivity index is 2.23. The van der Waals surface area contributed by atoms with Crippen LogP contribution in [-0.2, 0) is 19.1 Å². The molecule has 0 unspecified atom stereocenters. The van der Waals surface area contributed by atoms with Crippen molar-refractivity contribution in [1.29, 1.82) is 0 Å². The van der Waals surface area contributed by atoms with Crippen LogP contribution in [0.2, 0.25) is 0 Å². The van der Waals surface area contributed by atoms with Gasteiger partial charge in [-0.3, -0.25) is 19.3 Å². The van der Waals surface area contributed by atoms with Gasteiger partial charge in [-0.1, -0.05) is 6.07 Å². The lowest BCUT2D eigenvalue weighted by Gasteiger charge is -2.12. The molecule has 2 rings (SSSR count). The molecular weight excluding hydrogens is 376 g/mol. The lowest BCUT2D eigenvalue weighted by molar-refractivity contribution is -0.143. The van der Waals surface area contributed by atoms with Crippen LogP contribution in [-0.4, -0.2) is 54.8 Å². The highest BCUT2D eigenvalue weighted by Crippen LogP contribution is 2.34. The quantitative estimate of drug-likeness (QED) is 0.514. The molecule has 10 heteroatoms. The molecule has 0 radical (unpaired) electrons. The second kappa shape index (κ2) is 9.08. The second-order valence-electron chi connectivity index (χ2n) is 5.24. The summed E-state index contributed by atoms with van der Waals surface area (Å²) < 4.78 is 15.4. The van der Waals surface area contributed by atoms with Gasteiger partial charge in [0.1, 0.15) is 6.54 Å². The van der Waals surface area contributed by atoms with E-state index in [1.807, 2.05) is 0 Å². The number of nitrogens with zero attached hydrogens (tertiary/aromatic N) is 1. The van der Waals surface area contributed by atoms with Crippen molar-refractivity contribution in [3.8, 4) is 11.5 Å². The number of benzene rings is 1. The molecule has 1 aliphatic rings. The maximum atomic E-state index is 12.2. The molecule has 1 heterocycles. The van der Waals surface area contributed by atoms with Crippen LogP contribution in [0.25, 0.3) is 6.08 Å². The minimum Gasteiger partial charge on any atom is -0.490 e. The smallest absolute Gasteiger partial charge is 0.343 e. The number of methoxy groups -OCH3 is 1. The number of rotatable bonds is 8. The number of carbonyl (C=O) groups excluding carboxylic acids is 4. The molecule has 0 aliphatic carbocycles. The van der Waals surface area contributed by atoms with Gasteiger partial charge in [0, 0.05) is 0 Å². The maximum Gasteiger partial charge on any atom is 0.343 e. The Hall–Kier alpha value is -3.01. The fourth-order valence-electron chi connectivity index (χ4n) is 2.14. The topological polar surface area (TPSA) is 125 Å². The summed E-state index contributed by atoms with van der Waals surface area (Å²) in [5.41, 5.74) is 5.62. The van der Waals surface area contributed by atoms with Gasteiger partial charge in [-0.2, -0.15) is 0 Å². The highest BCUT2D eigenvalue weighted by molar-refractivity contribution is 8.18. The third-order valence-corrected chi connectivity index (χ3v) is 4.23. The maximum absolute atomic E-state index is 12.2. The van der Waals surface area contributed by atoms with Gasteiger partial charge < -0.3 is 19.9 Å². The Morgan fingerprint density at radius 2 is 1.96 bits per heavy atom. The van der Waals surface area contributed by atoms with Gasteiger partial charge >= 0.3 is 5.97 Å². The van der Waals surface area contributed by atoms with Crippen LogP contribution < -0.4 is 15.2 Å². The van der Waals surface area contributed by atoms with E-state index >= 15 is 0 Å². The van der Waals surface area contributed by atoms with Crippen molar-refractivity contribution in [3.63, 3.8) is 0 Å². The zero-order valence-corrected chi connectivity index (χ0v) is 15.5. The molecule has 1 fully saturated rings. The largest absolute Gasteiger partial charge is 0.490 e. The number of thioether (sulfide) groups is 1. The van der Waals surface area contributed by atoms with Crippen LogP contribution in [0.1, 0.15) is 12.5 Å². The van der Waals surface area contributed by atoms with E-state index in [1.165, 1.54) is 13.2 Å². The van der Waals surface area contributed by atoms with Crippen LogP contribution >= 0.6 is 11.8 Å². The minimum absolute atomic E-state index is 0.159. The lowest BCUT2D eigenvalue weighted by atomic mass is 10.2. The predicted molar refractivity (Wildman–Crippen MR) is 97.0 cm³/mol. The summed E-state index contributed by atoms with van der Waals surface area (Å²) in [6.45, 7) is 1.40. The van der Waals surface area contributed by atoms with Crippen LogP contribution in [0.4, 0.5) is 4.79 Å². The van der Waals surface area contributed by atoms with E-state index in [2.05, 4.69) is 4.74 Å². The van der Waals surface area contributed by atoms with Gasteiger partial charge in [-0.15, -0.1) is 0 Å². The molecule has 1 aromatic carbocycles. The highest BCUT2D eigenvalue weighted by Gasteiger charge is 2.35. The second-order valence-corrected chi connectivity index (χ2v) is 6.23. The molecule has 1 aliphatic heterocycles. The monoisotopic (exact) mass is 394 g/mol. The molecule has 0 atom stereocenters. The Morgan fingerprint density at radius 1 is 1.22 bits per heavy atom. The molecule has 0 saturated carbocycles. The van der Waals surface area contributed by atoms with E-state index in [4.69, 9.17) is 15.2 Å². The van der Waals surface area contributed by atoms with Crippen molar-refractivity contribution >= 4 is 40.9 Å². The first-order valence-corrected chi connectivity index (χ1v) is 8.67. The summed E-state index contributed by atoms with van der Waals surface area (Å²) in [6.07, 6.45) is 1.50. The van der Waals surface area contributed by atoms with Crippen LogP contribution in [0.15, 0.2) is 23.1 Å². The minimum atomic E-state index is -0.774. The normalized spacial score (nSPS) is 15.2. The van der Waals surface area contributed by atoms with Crippen molar-refractivity contribution < 1.29 is 33.4 Å². The summed E-state index contributed by atoms with van der Waals surface area (Å²) in [5, 5.41) is -0.562. The molecule has 9 nitrogen and oxygen atoms in total. The Morgan fingerprint density at radius 3 is 2.59 bits per heavy atom. The van der Waals surface area contributed by atoms with Crippen molar-refractivity contribution in [2.75, 3.05) is 26.9 Å². The van der Waals surface area contributed by atoms with Crippen LogP contribution in [0, 0.1) is 0 Å². The van der Waals surface area contributed by atoms with Gasteiger partial charge in [0.15, 0.2) is 18.1 Å². The van der Waals surface area contributed by atoms with E-state index in [9.17, 15) is 19.2 Å². The average molecular weight is 394 g/mol. The molecule has 0 aromatic heterocycles. The number of amides is 3. The number of hydrogen-bond donors (Lipinski definition) is 1. The third-order valence-electron chi connectivity index (χ3n) is 3.33. The number of carbonyl (C=O) groups is 4. The van der Waals surface area contributed by atoms with E-state index in [1.54, 1.807) is 25.1 Å². The standard InChI is InChI=1S/C17H18N2O7S/c1-3-25-12-6-10(4-5-11(12)26-9-15(21)24-2)7-13-16(22)19(8-14(18)20)17(23)27-13/h4-7H,3,8-9H2,1-2H3,(H2,18,20)/b13-7-. The van der Waals surface area contributed by atoms with Crippen molar-refractivity contribution in [1.82, 2.24) is 4.90 Å². The molecule has 3 amide bonds. The van der Waals surface area contributed by atoms with E-state index in [0.717, 1.165) is 4.90 Å². The summed E-state index contributed by atoms with van der Waals surface area (Å²) in [7, 11) is 1.25. The molecule has 0 spiro atoms. The van der Waals surface area contributed by atoms with Gasteiger partial charge in [-0.25, -0.2) is 4.79 Å². The van der Waals surface area contributed by atoms with Gasteiger partial charge in [0.25, 0.3) is 11.1 Å². The molecule has 0 bridgehead atoms. The highest BCUT2D eigenvalue weighted by atomic mass is 32.2. The summed E-state index contributed by atoms with van der Waals surface area (Å²) in [4.78, 5) is 47.2. The SMILES string of the molecule is CCOc1cc(/C=C2\SC(=O)N(CC(N)=O)C2=O)ccc1OCC(=O)OC. The number of ether oxygens (including phenoxy) is 3. The third kappa shape index (κ3) is 5.23. The summed E-state index contributed by atoms with van der Waals surface area (Å²) in [6, 6.07) is 4.82. The number of hydrogen-bond acceptors (Lipinski definition) is 8. The van der Waals surface area contributed by atoms with E-state index in [0.29, 0.717) is 35.4 Å². The van der Waals surface area contributed by atoms with Crippen LogP contribution in [0.3, 0.4) is 0 Å². The first-order valence-electron chi connectivity index (χ1n) is 7.85. The molecule has 27 heavy (non-hydrogen) atoms. The van der Waals surface area contributed by atoms with Gasteiger partial charge in [-0.05, 0) is 42.5 Å². The van der Waals surface area contributed by atoms with Gasteiger partial charge in [0.05, 0.1) is 18.6 Å². The number of primary amides is 1. The summed E-state index contributed by atoms with van der Waals surface area (Å²) >= 11 is 0.717. The van der Waals surface area contributed by atoms with E-state index < -0.39 is 29.6 Å². The zero-order chi connectivity index (χ0) is 20.0. The van der Waals surface area contributed by atoms with E-state index in [-0.39, 0.29) is 11.5 Å². The summed E-state index contributed by atoms with van der Waals surface area (Å²) in [5.74, 6) is -1.20. The number of esters is 1. The number of nitrogens with two attached hydrogens (primary N) is 1.